The molecule has 1 aromatic heterocycles. The van der Waals surface area contributed by atoms with Crippen molar-refractivity contribution in [2.75, 3.05) is 11.5 Å². The van der Waals surface area contributed by atoms with Gasteiger partial charge in [0.25, 0.3) is 5.78 Å². The molecular formula is C31H26FN3O5S2. The lowest BCUT2D eigenvalue weighted by Gasteiger charge is -2.23. The van der Waals surface area contributed by atoms with E-state index in [0.29, 0.717) is 45.6 Å². The van der Waals surface area contributed by atoms with Gasteiger partial charge in [0.1, 0.15) is 29.2 Å². The van der Waals surface area contributed by atoms with E-state index in [-0.39, 0.29) is 28.4 Å². The van der Waals surface area contributed by atoms with Gasteiger partial charge in [-0.3, -0.25) is 14.5 Å². The number of aliphatic hydroxyl groups is 1. The minimum Gasteiger partial charge on any atom is -0.507 e. The molecule has 214 valence electrons. The summed E-state index contributed by atoms with van der Waals surface area (Å²) in [7, 11) is 0. The first-order valence-electron chi connectivity index (χ1n) is 13.4. The number of carbonyl (C=O) groups excluding carboxylic acids is 2. The van der Waals surface area contributed by atoms with Crippen LogP contribution in [-0.4, -0.2) is 39.7 Å². The average molecular weight is 604 g/mol. The van der Waals surface area contributed by atoms with Crippen molar-refractivity contribution in [3.63, 3.8) is 0 Å². The van der Waals surface area contributed by atoms with E-state index in [0.717, 1.165) is 22.6 Å². The number of rotatable bonds is 8. The fourth-order valence-corrected chi connectivity index (χ4v) is 6.98. The zero-order chi connectivity index (χ0) is 29.4. The molecule has 42 heavy (non-hydrogen) atoms. The molecule has 0 aliphatic carbocycles. The van der Waals surface area contributed by atoms with E-state index in [2.05, 4.69) is 10.2 Å². The third-order valence-corrected chi connectivity index (χ3v) is 9.11. The average Bonchev–Trinajstić information content (AvgIpc) is 3.67. The molecule has 3 heterocycles. The number of hydrogen-bond acceptors (Lipinski definition) is 9. The van der Waals surface area contributed by atoms with Crippen LogP contribution in [0.25, 0.3) is 5.76 Å². The van der Waals surface area contributed by atoms with Crippen molar-refractivity contribution in [2.24, 2.45) is 0 Å². The van der Waals surface area contributed by atoms with Crippen LogP contribution < -0.4 is 14.4 Å². The molecule has 1 fully saturated rings. The van der Waals surface area contributed by atoms with Crippen molar-refractivity contribution >= 4 is 45.7 Å². The monoisotopic (exact) mass is 603 g/mol. The van der Waals surface area contributed by atoms with Gasteiger partial charge in [0.15, 0.2) is 4.34 Å². The maximum absolute atomic E-state index is 14.1. The minimum absolute atomic E-state index is 0.00661. The summed E-state index contributed by atoms with van der Waals surface area (Å²) in [6, 6.07) is 17.8. The summed E-state index contributed by atoms with van der Waals surface area (Å²) in [4.78, 5) is 28.4. The lowest BCUT2D eigenvalue weighted by Crippen LogP contribution is -2.29. The van der Waals surface area contributed by atoms with Gasteiger partial charge in [0.05, 0.1) is 18.2 Å². The summed E-state index contributed by atoms with van der Waals surface area (Å²) in [6.07, 6.45) is 0.676. The second-order valence-electron chi connectivity index (χ2n) is 9.86. The fourth-order valence-electron chi connectivity index (χ4n) is 5.12. The Morgan fingerprint density at radius 3 is 2.79 bits per heavy atom. The summed E-state index contributed by atoms with van der Waals surface area (Å²) in [5.41, 5.74) is 2.35. The first-order chi connectivity index (χ1) is 20.3. The highest BCUT2D eigenvalue weighted by Crippen LogP contribution is 2.45. The number of hydrogen-bond donors (Lipinski definition) is 1. The molecule has 2 atom stereocenters. The molecule has 1 amide bonds. The lowest BCUT2D eigenvalue weighted by molar-refractivity contribution is -0.132. The van der Waals surface area contributed by atoms with Crippen molar-refractivity contribution < 1.29 is 28.6 Å². The molecular weight excluding hydrogens is 577 g/mol. The van der Waals surface area contributed by atoms with Crippen LogP contribution in [0.3, 0.4) is 0 Å². The van der Waals surface area contributed by atoms with E-state index in [4.69, 9.17) is 9.47 Å². The van der Waals surface area contributed by atoms with Gasteiger partial charge in [-0.25, -0.2) is 4.39 Å². The second kappa shape index (κ2) is 11.6. The summed E-state index contributed by atoms with van der Waals surface area (Å²) in [5, 5.41) is 20.2. The van der Waals surface area contributed by atoms with Crippen LogP contribution in [0.4, 0.5) is 9.52 Å². The molecule has 0 saturated carbocycles. The number of aromatic nitrogens is 2. The standard InChI is InChI=1S/C31H26FN3O5S2/c1-3-39-22-9-6-8-18(15-22)26-25(27(36)19-11-12-24-21(14-19)13-17(2)40-24)28(37)29(38)35(26)30-33-34-31(42-30)41-16-20-7-4-5-10-23(20)32/h4-12,14-15,17,26,36H,3,13,16H2,1-2H3/t17-,26-/m1/s1. The van der Waals surface area contributed by atoms with Gasteiger partial charge in [-0.2, -0.15) is 0 Å². The molecule has 6 rings (SSSR count). The summed E-state index contributed by atoms with van der Waals surface area (Å²) in [6.45, 7) is 4.25. The predicted octanol–water partition coefficient (Wildman–Crippen LogP) is 6.32. The molecule has 8 nitrogen and oxygen atoms in total. The molecule has 4 aromatic rings. The number of carbonyl (C=O) groups is 2. The largest absolute Gasteiger partial charge is 0.507 e. The maximum Gasteiger partial charge on any atom is 0.301 e. The molecule has 2 aliphatic rings. The number of anilines is 1. The highest BCUT2D eigenvalue weighted by atomic mass is 32.2. The number of ketones is 1. The fraction of sp³-hybridized carbons (Fsp3) is 0.226. The lowest BCUT2D eigenvalue weighted by atomic mass is 9.94. The molecule has 0 bridgehead atoms. The van der Waals surface area contributed by atoms with Gasteiger partial charge < -0.3 is 14.6 Å². The summed E-state index contributed by atoms with van der Waals surface area (Å²) >= 11 is 2.40. The van der Waals surface area contributed by atoms with E-state index < -0.39 is 17.7 Å². The van der Waals surface area contributed by atoms with Crippen LogP contribution in [0.5, 0.6) is 11.5 Å². The van der Waals surface area contributed by atoms with Gasteiger partial charge in [0.2, 0.25) is 5.13 Å². The Kier molecular flexibility index (Phi) is 7.70. The molecule has 2 aliphatic heterocycles. The van der Waals surface area contributed by atoms with Gasteiger partial charge >= 0.3 is 5.91 Å². The Hall–Kier alpha value is -4.22. The van der Waals surface area contributed by atoms with Crippen LogP contribution in [0.2, 0.25) is 0 Å². The Bertz CT molecular complexity index is 1720. The van der Waals surface area contributed by atoms with Gasteiger partial charge in [0, 0.05) is 17.7 Å². The van der Waals surface area contributed by atoms with Crippen LogP contribution in [0, 0.1) is 5.82 Å². The van der Waals surface area contributed by atoms with E-state index in [1.165, 1.54) is 22.7 Å². The highest BCUT2D eigenvalue weighted by Gasteiger charge is 2.48. The van der Waals surface area contributed by atoms with Gasteiger partial charge in [-0.15, -0.1) is 10.2 Å². The smallest absolute Gasteiger partial charge is 0.301 e. The first-order valence-corrected chi connectivity index (χ1v) is 15.2. The number of benzene rings is 3. The number of amides is 1. The number of thioether (sulfide) groups is 1. The number of Topliss-reactive ketones (excluding diaryl/α,β-unsaturated/α-hetero) is 1. The van der Waals surface area contributed by atoms with E-state index >= 15 is 0 Å². The number of ether oxygens (including phenoxy) is 2. The molecule has 1 N–H and O–H groups in total. The Balaban J connectivity index is 1.40. The van der Waals surface area contributed by atoms with Crippen molar-refractivity contribution in [1.82, 2.24) is 10.2 Å². The third-order valence-electron chi connectivity index (χ3n) is 7.01. The van der Waals surface area contributed by atoms with E-state index in [9.17, 15) is 19.1 Å². The number of nitrogens with zero attached hydrogens (tertiary/aromatic N) is 3. The third kappa shape index (κ3) is 5.25. The molecule has 11 heteroatoms. The van der Waals surface area contributed by atoms with Crippen LogP contribution in [0.1, 0.15) is 42.1 Å². The summed E-state index contributed by atoms with van der Waals surface area (Å²) in [5.74, 6) is -0.660. The summed E-state index contributed by atoms with van der Waals surface area (Å²) < 4.78 is 26.1. The molecule has 0 spiro atoms. The van der Waals surface area contributed by atoms with Gasteiger partial charge in [-0.05, 0) is 66.9 Å². The van der Waals surface area contributed by atoms with Crippen molar-refractivity contribution in [3.05, 3.63) is 100 Å². The number of aliphatic hydroxyl groups excluding tert-OH is 1. The van der Waals surface area contributed by atoms with E-state index in [1.807, 2.05) is 13.8 Å². The number of fused-ring (bicyclic) bond motifs is 1. The normalized spacial score (nSPS) is 19.2. The zero-order valence-corrected chi connectivity index (χ0v) is 24.4. The first kappa shape index (κ1) is 27.9. The van der Waals surface area contributed by atoms with E-state index in [1.54, 1.807) is 60.7 Å². The Labute approximate surface area is 249 Å². The Morgan fingerprint density at radius 2 is 1.98 bits per heavy atom. The van der Waals surface area contributed by atoms with Crippen molar-refractivity contribution in [1.29, 1.82) is 0 Å². The quantitative estimate of drug-likeness (QED) is 0.0821. The second-order valence-corrected chi connectivity index (χ2v) is 12.0. The molecule has 3 aromatic carbocycles. The van der Waals surface area contributed by atoms with Crippen LogP contribution in [-0.2, 0) is 21.8 Å². The SMILES string of the molecule is CCOc1cccc([C@@H]2C(=C(O)c3ccc4c(c3)C[C@@H](C)O4)C(=O)C(=O)N2c2nnc(SCc3ccccc3F)s2)c1. The highest BCUT2D eigenvalue weighted by molar-refractivity contribution is 8.00. The predicted molar refractivity (Wildman–Crippen MR) is 158 cm³/mol. The minimum atomic E-state index is -0.980. The molecule has 0 radical (unpaired) electrons. The van der Waals surface area contributed by atoms with Gasteiger partial charge in [-0.1, -0.05) is 53.4 Å². The van der Waals surface area contributed by atoms with Crippen LogP contribution in [0.15, 0.2) is 76.6 Å². The molecule has 1 saturated heterocycles. The number of halogens is 1. The maximum atomic E-state index is 14.1. The van der Waals surface area contributed by atoms with Crippen molar-refractivity contribution in [3.8, 4) is 11.5 Å². The van der Waals surface area contributed by atoms with Crippen LogP contribution >= 0.6 is 23.1 Å². The molecule has 0 unspecified atom stereocenters. The Morgan fingerprint density at radius 1 is 1.14 bits per heavy atom. The van der Waals surface area contributed by atoms with Crippen molar-refractivity contribution in [2.45, 2.75) is 42.5 Å². The zero-order valence-electron chi connectivity index (χ0n) is 22.7. The topological polar surface area (TPSA) is 102 Å².